The van der Waals surface area contributed by atoms with Crippen molar-refractivity contribution in [1.29, 1.82) is 0 Å². The highest BCUT2D eigenvalue weighted by atomic mass is 15.0. The van der Waals surface area contributed by atoms with Gasteiger partial charge in [0.15, 0.2) is 0 Å². The van der Waals surface area contributed by atoms with Gasteiger partial charge in [-0.2, -0.15) is 0 Å². The number of nitrogens with zero attached hydrogens (tertiary/aromatic N) is 2. The quantitative estimate of drug-likeness (QED) is 0.671. The van der Waals surface area contributed by atoms with Crippen molar-refractivity contribution >= 4 is 0 Å². The first-order valence-electron chi connectivity index (χ1n) is 4.27. The topological polar surface area (TPSA) is 43.8 Å². The maximum atomic E-state index is 5.96. The van der Waals surface area contributed by atoms with Gasteiger partial charge in [-0.05, 0) is 5.41 Å². The normalized spacial score (nSPS) is 32.0. The molecule has 0 aromatic carbocycles. The first kappa shape index (κ1) is 7.80. The van der Waals surface area contributed by atoms with E-state index in [1.54, 1.807) is 0 Å². The molecule has 1 heterocycles. The average molecular weight is 165 g/mol. The van der Waals surface area contributed by atoms with Crippen LogP contribution >= 0.6 is 0 Å². The van der Waals surface area contributed by atoms with E-state index < -0.39 is 0 Å². The standard InChI is InChI=1S/C9H15N3/c1-9(2)7(8(9)10)6-4-11-5-12(6)3/h4-5,7-8H,10H2,1-3H3/t7-,8-/m1/s1. The van der Waals surface area contributed by atoms with Gasteiger partial charge in [0.1, 0.15) is 0 Å². The van der Waals surface area contributed by atoms with Crippen molar-refractivity contribution in [1.82, 2.24) is 9.55 Å². The van der Waals surface area contributed by atoms with Gasteiger partial charge in [-0.1, -0.05) is 13.8 Å². The van der Waals surface area contributed by atoms with Crippen molar-refractivity contribution in [2.45, 2.75) is 25.8 Å². The summed E-state index contributed by atoms with van der Waals surface area (Å²) in [7, 11) is 2.02. The lowest BCUT2D eigenvalue weighted by Gasteiger charge is -2.02. The Hall–Kier alpha value is -0.830. The molecule has 66 valence electrons. The van der Waals surface area contributed by atoms with Crippen molar-refractivity contribution < 1.29 is 0 Å². The zero-order chi connectivity index (χ0) is 8.93. The molecule has 2 N–H and O–H groups in total. The molecule has 1 aromatic rings. The Bertz CT molecular complexity index is 300. The number of imidazole rings is 1. The minimum absolute atomic E-state index is 0.258. The van der Waals surface area contributed by atoms with Crippen LogP contribution in [0.25, 0.3) is 0 Å². The number of nitrogens with two attached hydrogens (primary N) is 1. The maximum Gasteiger partial charge on any atom is 0.0945 e. The molecule has 2 rings (SSSR count). The maximum absolute atomic E-state index is 5.96. The van der Waals surface area contributed by atoms with Gasteiger partial charge in [-0.3, -0.25) is 0 Å². The van der Waals surface area contributed by atoms with Crippen LogP contribution in [0.15, 0.2) is 12.5 Å². The summed E-state index contributed by atoms with van der Waals surface area (Å²) >= 11 is 0. The lowest BCUT2D eigenvalue weighted by atomic mass is 10.1. The molecule has 12 heavy (non-hydrogen) atoms. The molecule has 0 radical (unpaired) electrons. The molecule has 1 fully saturated rings. The first-order valence-corrected chi connectivity index (χ1v) is 4.27. The molecule has 0 aliphatic heterocycles. The minimum Gasteiger partial charge on any atom is -0.337 e. The fourth-order valence-corrected chi connectivity index (χ4v) is 1.91. The van der Waals surface area contributed by atoms with Gasteiger partial charge in [-0.25, -0.2) is 4.98 Å². The van der Waals surface area contributed by atoms with Gasteiger partial charge in [0.05, 0.1) is 6.33 Å². The monoisotopic (exact) mass is 165 g/mol. The molecule has 3 heteroatoms. The summed E-state index contributed by atoms with van der Waals surface area (Å²) in [6.45, 7) is 4.41. The highest BCUT2D eigenvalue weighted by Crippen LogP contribution is 2.56. The molecule has 3 nitrogen and oxygen atoms in total. The van der Waals surface area contributed by atoms with E-state index >= 15 is 0 Å². The van der Waals surface area contributed by atoms with Crippen LogP contribution in [0.4, 0.5) is 0 Å². The van der Waals surface area contributed by atoms with Crippen molar-refractivity contribution in [2.75, 3.05) is 0 Å². The van der Waals surface area contributed by atoms with Gasteiger partial charge < -0.3 is 10.3 Å². The molecule has 2 atom stereocenters. The zero-order valence-corrected chi connectivity index (χ0v) is 7.78. The summed E-state index contributed by atoms with van der Waals surface area (Å²) < 4.78 is 2.05. The molecule has 1 aliphatic rings. The van der Waals surface area contributed by atoms with Crippen molar-refractivity contribution in [3.63, 3.8) is 0 Å². The Morgan fingerprint density at radius 3 is 2.50 bits per heavy atom. The molecule has 0 saturated heterocycles. The third-order valence-corrected chi connectivity index (χ3v) is 3.08. The summed E-state index contributed by atoms with van der Waals surface area (Å²) in [4.78, 5) is 4.09. The van der Waals surface area contributed by atoms with Crippen molar-refractivity contribution in [3.8, 4) is 0 Å². The van der Waals surface area contributed by atoms with E-state index in [4.69, 9.17) is 5.73 Å². The number of aryl methyl sites for hydroxylation is 1. The highest BCUT2D eigenvalue weighted by Gasteiger charge is 2.57. The van der Waals surface area contributed by atoms with Gasteiger partial charge in [-0.15, -0.1) is 0 Å². The van der Waals surface area contributed by atoms with E-state index in [1.165, 1.54) is 5.69 Å². The average Bonchev–Trinajstić information content (AvgIpc) is 2.39. The molecule has 1 saturated carbocycles. The Kier molecular flexibility index (Phi) is 1.37. The predicted molar refractivity (Wildman–Crippen MR) is 47.7 cm³/mol. The summed E-state index contributed by atoms with van der Waals surface area (Å²) in [6, 6.07) is 0.299. The van der Waals surface area contributed by atoms with E-state index in [0.29, 0.717) is 12.0 Å². The van der Waals surface area contributed by atoms with Gasteiger partial charge in [0.2, 0.25) is 0 Å². The Morgan fingerprint density at radius 2 is 2.17 bits per heavy atom. The van der Waals surface area contributed by atoms with Gasteiger partial charge >= 0.3 is 0 Å². The van der Waals surface area contributed by atoms with Crippen LogP contribution in [0.3, 0.4) is 0 Å². The van der Waals surface area contributed by atoms with E-state index in [1.807, 2.05) is 19.6 Å². The lowest BCUT2D eigenvalue weighted by molar-refractivity contribution is 0.589. The molecule has 0 amide bonds. The van der Waals surface area contributed by atoms with E-state index in [-0.39, 0.29) is 5.41 Å². The third-order valence-electron chi connectivity index (χ3n) is 3.08. The van der Waals surface area contributed by atoms with E-state index in [2.05, 4.69) is 23.4 Å². The van der Waals surface area contributed by atoms with Gasteiger partial charge in [0.25, 0.3) is 0 Å². The summed E-state index contributed by atoms with van der Waals surface area (Å²) in [5.41, 5.74) is 7.48. The Morgan fingerprint density at radius 1 is 1.58 bits per heavy atom. The Balaban J connectivity index is 2.30. The number of rotatable bonds is 1. The second kappa shape index (κ2) is 2.10. The van der Waals surface area contributed by atoms with Gasteiger partial charge in [0, 0.05) is 30.9 Å². The van der Waals surface area contributed by atoms with E-state index in [0.717, 1.165) is 0 Å². The molecule has 0 spiro atoms. The van der Waals surface area contributed by atoms with Crippen LogP contribution in [0.5, 0.6) is 0 Å². The highest BCUT2D eigenvalue weighted by molar-refractivity contribution is 5.27. The minimum atomic E-state index is 0.258. The summed E-state index contributed by atoms with van der Waals surface area (Å²) in [6.07, 6.45) is 3.75. The lowest BCUT2D eigenvalue weighted by Crippen LogP contribution is -2.06. The van der Waals surface area contributed by atoms with Crippen LogP contribution < -0.4 is 5.73 Å². The van der Waals surface area contributed by atoms with E-state index in [9.17, 15) is 0 Å². The fraction of sp³-hybridized carbons (Fsp3) is 0.667. The van der Waals surface area contributed by atoms with Crippen molar-refractivity contribution in [3.05, 3.63) is 18.2 Å². The summed E-state index contributed by atoms with van der Waals surface area (Å²) in [5, 5.41) is 0. The molecule has 0 bridgehead atoms. The molecular weight excluding hydrogens is 150 g/mol. The second-order valence-electron chi connectivity index (χ2n) is 4.25. The third kappa shape index (κ3) is 0.829. The molecular formula is C9H15N3. The van der Waals surface area contributed by atoms with Crippen LogP contribution in [0.2, 0.25) is 0 Å². The van der Waals surface area contributed by atoms with Crippen LogP contribution in [0.1, 0.15) is 25.5 Å². The first-order chi connectivity index (χ1) is 5.55. The van der Waals surface area contributed by atoms with Crippen molar-refractivity contribution in [2.24, 2.45) is 18.2 Å². The SMILES string of the molecule is Cn1cncc1[C@@H]1[C@@H](N)C1(C)C. The molecule has 1 aliphatic carbocycles. The second-order valence-corrected chi connectivity index (χ2v) is 4.25. The predicted octanol–water partition coefficient (Wildman–Crippen LogP) is 0.871. The smallest absolute Gasteiger partial charge is 0.0945 e. The Labute approximate surface area is 72.6 Å². The molecule has 0 unspecified atom stereocenters. The summed E-state index contributed by atoms with van der Waals surface area (Å²) in [5.74, 6) is 0.491. The number of hydrogen-bond acceptors (Lipinski definition) is 2. The van der Waals surface area contributed by atoms with Crippen LogP contribution in [0, 0.1) is 5.41 Å². The van der Waals surface area contributed by atoms with Crippen LogP contribution in [-0.2, 0) is 7.05 Å². The number of aromatic nitrogens is 2. The van der Waals surface area contributed by atoms with Crippen LogP contribution in [-0.4, -0.2) is 15.6 Å². The largest absolute Gasteiger partial charge is 0.337 e. The zero-order valence-electron chi connectivity index (χ0n) is 7.78. The fourth-order valence-electron chi connectivity index (χ4n) is 1.91. The number of hydrogen-bond donors (Lipinski definition) is 1. The molecule has 1 aromatic heterocycles.